The number of hydrogen-bond acceptors (Lipinski definition) is 3. The van der Waals surface area contributed by atoms with Crippen LogP contribution in [0.25, 0.3) is 0 Å². The Morgan fingerprint density at radius 3 is 1.79 bits per heavy atom. The van der Waals surface area contributed by atoms with Crippen LogP contribution in [-0.4, -0.2) is 5.11 Å². The maximum Gasteiger partial charge on any atom is 0.343 e. The number of aromatic hydroxyl groups is 1. The average molecular weight is 437 g/mol. The van der Waals surface area contributed by atoms with Crippen LogP contribution < -0.4 is 5.63 Å². The summed E-state index contributed by atoms with van der Waals surface area (Å²) in [6.45, 7) is 0. The lowest BCUT2D eigenvalue weighted by Crippen LogP contribution is -2.18. The van der Waals surface area contributed by atoms with Gasteiger partial charge in [-0.3, -0.25) is 0 Å². The minimum atomic E-state index is -0.420. The fraction of sp³-hybridized carbons (Fsp3) is 0.233. The monoisotopic (exact) mass is 436 g/mol. The Kier molecular flexibility index (Phi) is 6.12. The molecule has 0 amide bonds. The molecule has 4 aromatic rings. The van der Waals surface area contributed by atoms with E-state index in [9.17, 15) is 9.90 Å². The summed E-state index contributed by atoms with van der Waals surface area (Å²) in [4.78, 5) is 13.3. The minimum absolute atomic E-state index is 0.0492. The predicted molar refractivity (Wildman–Crippen MR) is 131 cm³/mol. The Balaban J connectivity index is 1.52. The molecule has 0 radical (unpaired) electrons. The van der Waals surface area contributed by atoms with E-state index in [0.29, 0.717) is 17.2 Å². The summed E-state index contributed by atoms with van der Waals surface area (Å²) < 4.78 is 5.96. The smallest absolute Gasteiger partial charge is 0.343 e. The van der Waals surface area contributed by atoms with Gasteiger partial charge in [-0.2, -0.15) is 0 Å². The Morgan fingerprint density at radius 1 is 0.788 bits per heavy atom. The Labute approximate surface area is 194 Å². The Bertz CT molecular complexity index is 1200. The number of rotatable bonds is 8. The Hall–Kier alpha value is -3.59. The molecule has 1 N–H and O–H groups in total. The summed E-state index contributed by atoms with van der Waals surface area (Å²) in [5.74, 6) is 0.776. The summed E-state index contributed by atoms with van der Waals surface area (Å²) in [5, 5.41) is 11.1. The third-order valence-corrected chi connectivity index (χ3v) is 6.60. The second kappa shape index (κ2) is 9.50. The molecule has 0 aliphatic heterocycles. The number of hydrogen-bond donors (Lipinski definition) is 1. The van der Waals surface area contributed by atoms with Crippen LogP contribution in [0.5, 0.6) is 5.75 Å². The van der Waals surface area contributed by atoms with E-state index in [-0.39, 0.29) is 17.6 Å². The molecule has 1 atom stereocenters. The SMILES string of the molecule is O=c1oc(C(Cc2ccccc2)Cc2ccccc2)cc(O)c1C(c1ccccc1)C1CC1. The van der Waals surface area contributed by atoms with Crippen molar-refractivity contribution < 1.29 is 9.52 Å². The van der Waals surface area contributed by atoms with Gasteiger partial charge in [-0.15, -0.1) is 0 Å². The lowest BCUT2D eigenvalue weighted by Gasteiger charge is -2.20. The predicted octanol–water partition coefficient (Wildman–Crippen LogP) is 6.46. The highest BCUT2D eigenvalue weighted by molar-refractivity contribution is 5.42. The van der Waals surface area contributed by atoms with Crippen LogP contribution in [0.3, 0.4) is 0 Å². The van der Waals surface area contributed by atoms with E-state index >= 15 is 0 Å². The zero-order valence-electron chi connectivity index (χ0n) is 18.6. The zero-order valence-corrected chi connectivity index (χ0v) is 18.6. The normalized spacial score (nSPS) is 14.3. The maximum absolute atomic E-state index is 13.3. The molecule has 3 aromatic carbocycles. The molecule has 1 aromatic heterocycles. The standard InChI is InChI=1S/C30H28O3/c31-26-20-27(25(18-21-10-4-1-5-11-21)19-22-12-6-2-7-13-22)33-30(32)29(26)28(24-16-17-24)23-14-8-3-9-15-23/h1-15,20,24-25,28,31H,16-19H2. The second-order valence-electron chi connectivity index (χ2n) is 9.04. The van der Waals surface area contributed by atoms with Gasteiger partial charge >= 0.3 is 5.63 Å². The molecule has 1 aliphatic carbocycles. The highest BCUT2D eigenvalue weighted by Crippen LogP contribution is 2.47. The van der Waals surface area contributed by atoms with E-state index < -0.39 is 5.63 Å². The fourth-order valence-electron chi connectivity index (χ4n) is 4.83. The molecular weight excluding hydrogens is 408 g/mol. The molecule has 1 unspecified atom stereocenters. The van der Waals surface area contributed by atoms with Crippen LogP contribution in [0.4, 0.5) is 0 Å². The van der Waals surface area contributed by atoms with Crippen molar-refractivity contribution >= 4 is 0 Å². The van der Waals surface area contributed by atoms with Gasteiger partial charge in [0.2, 0.25) is 0 Å². The average Bonchev–Trinajstić information content (AvgIpc) is 3.68. The molecule has 0 bridgehead atoms. The first-order valence-electron chi connectivity index (χ1n) is 11.7. The Morgan fingerprint density at radius 2 is 1.30 bits per heavy atom. The van der Waals surface area contributed by atoms with E-state index in [1.165, 1.54) is 11.1 Å². The van der Waals surface area contributed by atoms with Crippen molar-refractivity contribution in [1.29, 1.82) is 0 Å². The van der Waals surface area contributed by atoms with Gasteiger partial charge in [-0.25, -0.2) is 4.79 Å². The summed E-state index contributed by atoms with van der Waals surface area (Å²) in [6, 6.07) is 32.1. The van der Waals surface area contributed by atoms with Crippen LogP contribution in [0.2, 0.25) is 0 Å². The van der Waals surface area contributed by atoms with Gasteiger partial charge in [0, 0.05) is 17.9 Å². The van der Waals surface area contributed by atoms with Crippen molar-refractivity contribution in [2.45, 2.75) is 37.5 Å². The lowest BCUT2D eigenvalue weighted by atomic mass is 9.86. The second-order valence-corrected chi connectivity index (χ2v) is 9.04. The van der Waals surface area contributed by atoms with Crippen LogP contribution in [0.1, 0.15) is 52.7 Å². The third-order valence-electron chi connectivity index (χ3n) is 6.60. The molecule has 5 rings (SSSR count). The van der Waals surface area contributed by atoms with Crippen LogP contribution in [0, 0.1) is 5.92 Å². The quantitative estimate of drug-likeness (QED) is 0.345. The van der Waals surface area contributed by atoms with Gasteiger partial charge in [0.25, 0.3) is 0 Å². The van der Waals surface area contributed by atoms with Crippen molar-refractivity contribution in [3.8, 4) is 5.75 Å². The van der Waals surface area contributed by atoms with Crippen LogP contribution >= 0.6 is 0 Å². The van der Waals surface area contributed by atoms with Crippen molar-refractivity contribution in [2.75, 3.05) is 0 Å². The van der Waals surface area contributed by atoms with Gasteiger partial charge in [-0.05, 0) is 48.3 Å². The summed E-state index contributed by atoms with van der Waals surface area (Å²) in [6.07, 6.45) is 3.57. The molecule has 166 valence electrons. The first-order chi connectivity index (χ1) is 16.2. The molecular formula is C30H28O3. The summed E-state index contributed by atoms with van der Waals surface area (Å²) in [7, 11) is 0. The first kappa shape index (κ1) is 21.3. The van der Waals surface area contributed by atoms with Crippen LogP contribution in [0.15, 0.2) is 106 Å². The first-order valence-corrected chi connectivity index (χ1v) is 11.7. The van der Waals surface area contributed by atoms with Gasteiger partial charge < -0.3 is 9.52 Å². The van der Waals surface area contributed by atoms with Gasteiger partial charge in [0.05, 0.1) is 5.56 Å². The van der Waals surface area contributed by atoms with E-state index in [0.717, 1.165) is 31.2 Å². The minimum Gasteiger partial charge on any atom is -0.507 e. The van der Waals surface area contributed by atoms with E-state index in [2.05, 4.69) is 24.3 Å². The lowest BCUT2D eigenvalue weighted by molar-refractivity contribution is 0.381. The van der Waals surface area contributed by atoms with E-state index in [1.54, 1.807) is 6.07 Å². The zero-order chi connectivity index (χ0) is 22.6. The van der Waals surface area contributed by atoms with Gasteiger partial charge in [-0.1, -0.05) is 91.0 Å². The number of benzene rings is 3. The van der Waals surface area contributed by atoms with E-state index in [1.807, 2.05) is 66.7 Å². The van der Waals surface area contributed by atoms with Crippen molar-refractivity contribution in [1.82, 2.24) is 0 Å². The van der Waals surface area contributed by atoms with Gasteiger partial charge in [0.1, 0.15) is 11.5 Å². The summed E-state index contributed by atoms with van der Waals surface area (Å²) >= 11 is 0. The van der Waals surface area contributed by atoms with Crippen molar-refractivity contribution in [3.63, 3.8) is 0 Å². The molecule has 1 heterocycles. The topological polar surface area (TPSA) is 50.4 Å². The van der Waals surface area contributed by atoms with Crippen LogP contribution in [-0.2, 0) is 12.8 Å². The fourth-order valence-corrected chi connectivity index (χ4v) is 4.83. The van der Waals surface area contributed by atoms with Gasteiger partial charge in [0.15, 0.2) is 0 Å². The molecule has 33 heavy (non-hydrogen) atoms. The third kappa shape index (κ3) is 4.93. The molecule has 3 heteroatoms. The summed E-state index contributed by atoms with van der Waals surface area (Å²) in [5.41, 5.74) is 3.37. The molecule has 3 nitrogen and oxygen atoms in total. The molecule has 0 saturated heterocycles. The maximum atomic E-state index is 13.3. The van der Waals surface area contributed by atoms with E-state index in [4.69, 9.17) is 4.42 Å². The molecule has 1 saturated carbocycles. The van der Waals surface area contributed by atoms with Crippen molar-refractivity contribution in [3.05, 3.63) is 135 Å². The van der Waals surface area contributed by atoms with Crippen molar-refractivity contribution in [2.24, 2.45) is 5.92 Å². The molecule has 1 aliphatic rings. The highest BCUT2D eigenvalue weighted by Gasteiger charge is 2.37. The highest BCUT2D eigenvalue weighted by atomic mass is 16.4. The molecule has 0 spiro atoms. The molecule has 1 fully saturated rings. The largest absolute Gasteiger partial charge is 0.507 e.